The van der Waals surface area contributed by atoms with Gasteiger partial charge in [-0.3, -0.25) is 9.59 Å². The van der Waals surface area contributed by atoms with E-state index >= 15 is 0 Å². The van der Waals surface area contributed by atoms with Gasteiger partial charge in [-0.15, -0.1) is 0 Å². The Kier molecular flexibility index (Phi) is 4.16. The number of nitrogens with zero attached hydrogens (tertiary/aromatic N) is 1. The summed E-state index contributed by atoms with van der Waals surface area (Å²) in [5.41, 5.74) is -0.150. The molecule has 4 rings (SSSR count). The van der Waals surface area contributed by atoms with Gasteiger partial charge in [0.1, 0.15) is 11.7 Å². The Bertz CT molecular complexity index is 922. The van der Waals surface area contributed by atoms with E-state index in [0.717, 1.165) is 0 Å². The average molecular weight is 416 g/mol. The van der Waals surface area contributed by atoms with Crippen LogP contribution in [0.25, 0.3) is 10.9 Å². The molecule has 1 aliphatic carbocycles. The Morgan fingerprint density at radius 1 is 1.26 bits per heavy atom. The van der Waals surface area contributed by atoms with E-state index in [4.69, 9.17) is 23.2 Å². The SMILES string of the molecule is C[C@@H](NC(=O)c1cc2cc(Cl)c(Cl)cc2[nH]1)C(=O)N1CC[C@@]2(C1)CC2(F)F. The van der Waals surface area contributed by atoms with E-state index in [1.165, 1.54) is 4.90 Å². The van der Waals surface area contributed by atoms with Gasteiger partial charge >= 0.3 is 0 Å². The fourth-order valence-electron chi connectivity index (χ4n) is 3.74. The second-order valence-corrected chi connectivity index (χ2v) is 8.22. The van der Waals surface area contributed by atoms with Crippen molar-refractivity contribution in [3.05, 3.63) is 33.9 Å². The third-order valence-electron chi connectivity index (χ3n) is 5.50. The first kappa shape index (κ1) is 18.5. The van der Waals surface area contributed by atoms with Gasteiger partial charge in [-0.05, 0) is 31.5 Å². The number of hydrogen-bond acceptors (Lipinski definition) is 2. The molecule has 1 saturated heterocycles. The van der Waals surface area contributed by atoms with Gasteiger partial charge in [-0.25, -0.2) is 8.78 Å². The highest BCUT2D eigenvalue weighted by Gasteiger charge is 2.73. The van der Waals surface area contributed by atoms with Crippen LogP contribution in [0, 0.1) is 5.41 Å². The molecule has 9 heteroatoms. The summed E-state index contributed by atoms with van der Waals surface area (Å²) in [5.74, 6) is -3.50. The first-order valence-electron chi connectivity index (χ1n) is 8.57. The number of nitrogens with one attached hydrogen (secondary N) is 2. The lowest BCUT2D eigenvalue weighted by Gasteiger charge is -2.21. The molecule has 144 valence electrons. The van der Waals surface area contributed by atoms with E-state index in [2.05, 4.69) is 10.3 Å². The smallest absolute Gasteiger partial charge is 0.268 e. The summed E-state index contributed by atoms with van der Waals surface area (Å²) >= 11 is 11.9. The zero-order valence-corrected chi connectivity index (χ0v) is 15.9. The van der Waals surface area contributed by atoms with E-state index in [0.29, 0.717) is 27.4 Å². The highest BCUT2D eigenvalue weighted by atomic mass is 35.5. The van der Waals surface area contributed by atoms with Crippen molar-refractivity contribution < 1.29 is 18.4 Å². The molecule has 1 aromatic carbocycles. The predicted octanol–water partition coefficient (Wildman–Crippen LogP) is 3.85. The van der Waals surface area contributed by atoms with E-state index in [-0.39, 0.29) is 31.1 Å². The summed E-state index contributed by atoms with van der Waals surface area (Å²) in [6.07, 6.45) is 0.140. The van der Waals surface area contributed by atoms with Gasteiger partial charge < -0.3 is 15.2 Å². The van der Waals surface area contributed by atoms with Crippen LogP contribution in [-0.2, 0) is 4.79 Å². The van der Waals surface area contributed by atoms with Crippen molar-refractivity contribution in [2.75, 3.05) is 13.1 Å². The van der Waals surface area contributed by atoms with Crippen LogP contribution in [0.2, 0.25) is 10.0 Å². The molecule has 27 heavy (non-hydrogen) atoms. The van der Waals surface area contributed by atoms with Gasteiger partial charge in [-0.2, -0.15) is 0 Å². The molecule has 2 N–H and O–H groups in total. The van der Waals surface area contributed by atoms with Crippen LogP contribution < -0.4 is 5.32 Å². The maximum atomic E-state index is 13.5. The number of halogens is 4. The summed E-state index contributed by atoms with van der Waals surface area (Å²) in [7, 11) is 0. The first-order chi connectivity index (χ1) is 12.6. The Morgan fingerprint density at radius 2 is 1.93 bits per heavy atom. The van der Waals surface area contributed by atoms with Crippen molar-refractivity contribution >= 4 is 45.9 Å². The van der Waals surface area contributed by atoms with Gasteiger partial charge in [-0.1, -0.05) is 23.2 Å². The topological polar surface area (TPSA) is 65.2 Å². The van der Waals surface area contributed by atoms with E-state index < -0.39 is 23.3 Å². The molecule has 5 nitrogen and oxygen atoms in total. The molecule has 2 heterocycles. The zero-order chi connectivity index (χ0) is 19.6. The molecule has 0 unspecified atom stereocenters. The van der Waals surface area contributed by atoms with E-state index in [1.54, 1.807) is 25.1 Å². The summed E-state index contributed by atoms with van der Waals surface area (Å²) in [6, 6.07) is 4.04. The predicted molar refractivity (Wildman–Crippen MR) is 98.4 cm³/mol. The fourth-order valence-corrected chi connectivity index (χ4v) is 4.08. The Balaban J connectivity index is 1.43. The minimum Gasteiger partial charge on any atom is -0.350 e. The van der Waals surface area contributed by atoms with Crippen LogP contribution >= 0.6 is 23.2 Å². The Morgan fingerprint density at radius 3 is 2.56 bits per heavy atom. The molecular weight excluding hydrogens is 399 g/mol. The van der Waals surface area contributed by atoms with Crippen LogP contribution in [0.3, 0.4) is 0 Å². The van der Waals surface area contributed by atoms with Crippen LogP contribution in [-0.4, -0.2) is 46.8 Å². The van der Waals surface area contributed by atoms with Crippen molar-refractivity contribution in [3.63, 3.8) is 0 Å². The van der Waals surface area contributed by atoms with Crippen LogP contribution in [0.5, 0.6) is 0 Å². The number of rotatable bonds is 3. The fraction of sp³-hybridized carbons (Fsp3) is 0.444. The maximum Gasteiger partial charge on any atom is 0.268 e. The summed E-state index contributed by atoms with van der Waals surface area (Å²) in [4.78, 5) is 29.3. The average Bonchev–Trinajstić information content (AvgIpc) is 2.97. The highest BCUT2D eigenvalue weighted by Crippen LogP contribution is 2.65. The molecule has 2 atom stereocenters. The van der Waals surface area contributed by atoms with Crippen molar-refractivity contribution in [3.8, 4) is 0 Å². The molecule has 2 fully saturated rings. The second-order valence-electron chi connectivity index (χ2n) is 7.40. The number of carbonyl (C=O) groups is 2. The second kappa shape index (κ2) is 6.07. The number of benzene rings is 1. The number of alkyl halides is 2. The number of aromatic nitrogens is 1. The monoisotopic (exact) mass is 415 g/mol. The molecule has 1 aromatic heterocycles. The summed E-state index contributed by atoms with van der Waals surface area (Å²) in [5, 5.41) is 4.07. The number of amides is 2. The quantitative estimate of drug-likeness (QED) is 0.799. The molecule has 0 radical (unpaired) electrons. The number of hydrogen-bond donors (Lipinski definition) is 2. The Labute approximate surface area is 164 Å². The number of likely N-dealkylation sites (tertiary alicyclic amines) is 1. The third kappa shape index (κ3) is 3.06. The number of aromatic amines is 1. The maximum absolute atomic E-state index is 13.5. The van der Waals surface area contributed by atoms with E-state index in [1.807, 2.05) is 0 Å². The van der Waals surface area contributed by atoms with Crippen molar-refractivity contribution in [2.45, 2.75) is 31.7 Å². The van der Waals surface area contributed by atoms with Crippen LogP contribution in [0.1, 0.15) is 30.3 Å². The van der Waals surface area contributed by atoms with Crippen molar-refractivity contribution in [2.24, 2.45) is 5.41 Å². The van der Waals surface area contributed by atoms with Crippen LogP contribution in [0.15, 0.2) is 18.2 Å². The summed E-state index contributed by atoms with van der Waals surface area (Å²) in [6.45, 7) is 1.88. The third-order valence-corrected chi connectivity index (χ3v) is 6.22. The zero-order valence-electron chi connectivity index (χ0n) is 14.4. The van der Waals surface area contributed by atoms with Crippen molar-refractivity contribution in [1.82, 2.24) is 15.2 Å². The minimum atomic E-state index is -2.68. The minimum absolute atomic E-state index is 0.0441. The van der Waals surface area contributed by atoms with E-state index in [9.17, 15) is 18.4 Å². The normalized spacial score (nSPS) is 24.4. The lowest BCUT2D eigenvalue weighted by atomic mass is 10.1. The van der Waals surface area contributed by atoms with Crippen molar-refractivity contribution in [1.29, 1.82) is 0 Å². The summed E-state index contributed by atoms with van der Waals surface area (Å²) < 4.78 is 27.0. The van der Waals surface area contributed by atoms with Gasteiger partial charge in [0.25, 0.3) is 11.8 Å². The molecule has 2 aliphatic rings. The molecule has 0 bridgehead atoms. The molecule has 2 amide bonds. The number of fused-ring (bicyclic) bond motifs is 1. The van der Waals surface area contributed by atoms with Gasteiger partial charge in [0.2, 0.25) is 5.91 Å². The van der Waals surface area contributed by atoms with Gasteiger partial charge in [0.05, 0.1) is 15.5 Å². The molecule has 1 saturated carbocycles. The number of carbonyl (C=O) groups excluding carboxylic acids is 2. The first-order valence-corrected chi connectivity index (χ1v) is 9.33. The van der Waals surface area contributed by atoms with Gasteiger partial charge in [0.15, 0.2) is 0 Å². The standard InChI is InChI=1S/C18H17Cl2F2N3O2/c1-9(16(27)25-3-2-17(8-25)7-18(17,21)22)23-15(26)14-5-10-4-11(19)12(20)6-13(10)24-14/h4-6,9,24H,2-3,7-8H2,1H3,(H,23,26)/t9-,17+/m1/s1. The van der Waals surface area contributed by atoms with Gasteiger partial charge in [0, 0.05) is 30.4 Å². The lowest BCUT2D eigenvalue weighted by Crippen LogP contribution is -2.46. The molecule has 1 spiro atoms. The molecular formula is C18H17Cl2F2N3O2. The number of H-pyrrole nitrogens is 1. The molecule has 2 aromatic rings. The molecule has 1 aliphatic heterocycles. The highest BCUT2D eigenvalue weighted by molar-refractivity contribution is 6.42. The largest absolute Gasteiger partial charge is 0.350 e. The van der Waals surface area contributed by atoms with Crippen LogP contribution in [0.4, 0.5) is 8.78 Å². The lowest BCUT2D eigenvalue weighted by molar-refractivity contribution is -0.132. The Hall–Kier alpha value is -1.86.